The highest BCUT2D eigenvalue weighted by Crippen LogP contribution is 2.24. The maximum absolute atomic E-state index is 11.8. The van der Waals surface area contributed by atoms with E-state index in [1.165, 1.54) is 6.92 Å². The van der Waals surface area contributed by atoms with Gasteiger partial charge in [0.15, 0.2) is 5.78 Å². The molecule has 0 aliphatic carbocycles. The summed E-state index contributed by atoms with van der Waals surface area (Å²) >= 11 is 0. The van der Waals surface area contributed by atoms with Gasteiger partial charge in [-0.2, -0.15) is 10.5 Å². The van der Waals surface area contributed by atoms with Gasteiger partial charge in [-0.1, -0.05) is 0 Å². The molecule has 6 heteroatoms. The number of nitrogens with one attached hydrogen (secondary N) is 1. The molecule has 2 aromatic rings. The molecule has 0 spiro atoms. The molecule has 1 saturated heterocycles. The molecule has 1 aromatic heterocycles. The number of carbonyl (C=O) groups excluding carboxylic acids is 1. The van der Waals surface area contributed by atoms with E-state index in [0.29, 0.717) is 16.7 Å². The van der Waals surface area contributed by atoms with Gasteiger partial charge in [0.2, 0.25) is 0 Å². The SMILES string of the molecule is CC(=O)c1ccc(C#N)cc1NC1CCN(c2ccc(C#N)cn2)CC1. The Hall–Kier alpha value is -3.38. The number of nitrogens with zero attached hydrogens (tertiary/aromatic N) is 4. The number of pyridine rings is 1. The summed E-state index contributed by atoms with van der Waals surface area (Å²) in [6.45, 7) is 3.21. The van der Waals surface area contributed by atoms with E-state index >= 15 is 0 Å². The van der Waals surface area contributed by atoms with Gasteiger partial charge in [-0.3, -0.25) is 4.79 Å². The first kappa shape index (κ1) is 17.4. The molecular formula is C20H19N5O. The minimum atomic E-state index is -0.0174. The van der Waals surface area contributed by atoms with Crippen LogP contribution in [0.1, 0.15) is 41.3 Å². The van der Waals surface area contributed by atoms with Crippen LogP contribution in [-0.2, 0) is 0 Å². The molecular weight excluding hydrogens is 326 g/mol. The fraction of sp³-hybridized carbons (Fsp3) is 0.300. The van der Waals surface area contributed by atoms with Gasteiger partial charge < -0.3 is 10.2 Å². The van der Waals surface area contributed by atoms with Crippen LogP contribution < -0.4 is 10.2 Å². The Kier molecular flexibility index (Phi) is 5.15. The third-order valence-electron chi connectivity index (χ3n) is 4.58. The monoisotopic (exact) mass is 345 g/mol. The molecule has 1 fully saturated rings. The Balaban J connectivity index is 1.66. The largest absolute Gasteiger partial charge is 0.382 e. The van der Waals surface area contributed by atoms with E-state index in [1.54, 1.807) is 30.5 Å². The second kappa shape index (κ2) is 7.67. The topological polar surface area (TPSA) is 92.8 Å². The number of aromatic nitrogens is 1. The molecule has 1 aliphatic rings. The van der Waals surface area contributed by atoms with E-state index in [4.69, 9.17) is 10.5 Å². The Bertz CT molecular complexity index is 884. The van der Waals surface area contributed by atoms with Crippen LogP contribution in [0.2, 0.25) is 0 Å². The fourth-order valence-electron chi connectivity index (χ4n) is 3.15. The maximum atomic E-state index is 11.8. The average molecular weight is 345 g/mol. The number of hydrogen-bond donors (Lipinski definition) is 1. The molecule has 26 heavy (non-hydrogen) atoms. The standard InChI is InChI=1S/C20H19N5O/c1-14(26)18-4-2-15(11-21)10-19(18)24-17-6-8-25(9-7-17)20-5-3-16(12-22)13-23-20/h2-5,10,13,17,24H,6-9H2,1H3. The maximum Gasteiger partial charge on any atom is 0.161 e. The van der Waals surface area contributed by atoms with E-state index in [2.05, 4.69) is 27.3 Å². The highest BCUT2D eigenvalue weighted by molar-refractivity contribution is 5.99. The van der Waals surface area contributed by atoms with Crippen LogP contribution in [-0.4, -0.2) is 29.9 Å². The molecule has 130 valence electrons. The number of piperidine rings is 1. The summed E-state index contributed by atoms with van der Waals surface area (Å²) in [5.41, 5.74) is 2.43. The number of carbonyl (C=O) groups is 1. The first-order valence-electron chi connectivity index (χ1n) is 8.53. The van der Waals surface area contributed by atoms with E-state index in [-0.39, 0.29) is 11.8 Å². The van der Waals surface area contributed by atoms with Gasteiger partial charge in [-0.15, -0.1) is 0 Å². The molecule has 6 nitrogen and oxygen atoms in total. The van der Waals surface area contributed by atoms with Gasteiger partial charge >= 0.3 is 0 Å². The van der Waals surface area contributed by atoms with Gasteiger partial charge in [-0.05, 0) is 50.1 Å². The van der Waals surface area contributed by atoms with Crippen molar-refractivity contribution in [1.29, 1.82) is 10.5 Å². The second-order valence-electron chi connectivity index (χ2n) is 6.35. The van der Waals surface area contributed by atoms with Gasteiger partial charge in [0.1, 0.15) is 11.9 Å². The summed E-state index contributed by atoms with van der Waals surface area (Å²) in [6.07, 6.45) is 3.39. The molecule has 0 amide bonds. The zero-order valence-corrected chi connectivity index (χ0v) is 14.6. The molecule has 0 bridgehead atoms. The van der Waals surface area contributed by atoms with Crippen molar-refractivity contribution >= 4 is 17.3 Å². The lowest BCUT2D eigenvalue weighted by Gasteiger charge is -2.34. The van der Waals surface area contributed by atoms with Crippen molar-refractivity contribution in [2.24, 2.45) is 0 Å². The number of benzene rings is 1. The highest BCUT2D eigenvalue weighted by Gasteiger charge is 2.21. The minimum absolute atomic E-state index is 0.0174. The first-order valence-corrected chi connectivity index (χ1v) is 8.53. The van der Waals surface area contributed by atoms with Gasteiger partial charge in [-0.25, -0.2) is 4.98 Å². The van der Waals surface area contributed by atoms with Crippen LogP contribution in [0, 0.1) is 22.7 Å². The molecule has 1 aromatic carbocycles. The van der Waals surface area contributed by atoms with Gasteiger partial charge in [0.05, 0.1) is 17.2 Å². The average Bonchev–Trinajstić information content (AvgIpc) is 2.68. The number of anilines is 2. The summed E-state index contributed by atoms with van der Waals surface area (Å²) in [6, 6.07) is 13.2. The van der Waals surface area contributed by atoms with Crippen molar-refractivity contribution in [3.63, 3.8) is 0 Å². The lowest BCUT2D eigenvalue weighted by atomic mass is 10.0. The summed E-state index contributed by atoms with van der Waals surface area (Å²) in [7, 11) is 0. The predicted molar refractivity (Wildman–Crippen MR) is 99.0 cm³/mol. The Labute approximate surface area is 152 Å². The third kappa shape index (κ3) is 3.81. The lowest BCUT2D eigenvalue weighted by Crippen LogP contribution is -2.39. The third-order valence-corrected chi connectivity index (χ3v) is 4.58. The Morgan fingerprint density at radius 3 is 2.42 bits per heavy atom. The van der Waals surface area contributed by atoms with Crippen molar-refractivity contribution in [3.8, 4) is 12.1 Å². The van der Waals surface area contributed by atoms with Crippen molar-refractivity contribution in [2.75, 3.05) is 23.3 Å². The summed E-state index contributed by atoms with van der Waals surface area (Å²) in [4.78, 5) is 18.4. The number of ketones is 1. The van der Waals surface area contributed by atoms with E-state index in [0.717, 1.165) is 37.4 Å². The van der Waals surface area contributed by atoms with Crippen LogP contribution in [0.4, 0.5) is 11.5 Å². The van der Waals surface area contributed by atoms with Crippen LogP contribution >= 0.6 is 0 Å². The van der Waals surface area contributed by atoms with Crippen LogP contribution in [0.5, 0.6) is 0 Å². The Morgan fingerprint density at radius 1 is 1.15 bits per heavy atom. The van der Waals surface area contributed by atoms with Crippen molar-refractivity contribution in [3.05, 3.63) is 53.2 Å². The summed E-state index contributed by atoms with van der Waals surface area (Å²) in [5.74, 6) is 0.856. The van der Waals surface area contributed by atoms with Crippen LogP contribution in [0.15, 0.2) is 36.5 Å². The normalized spacial score (nSPS) is 14.3. The highest BCUT2D eigenvalue weighted by atomic mass is 16.1. The van der Waals surface area contributed by atoms with E-state index < -0.39 is 0 Å². The molecule has 0 radical (unpaired) electrons. The summed E-state index contributed by atoms with van der Waals surface area (Å²) in [5, 5.41) is 21.4. The quantitative estimate of drug-likeness (QED) is 0.856. The first-order chi connectivity index (χ1) is 12.6. The fourth-order valence-corrected chi connectivity index (χ4v) is 3.15. The van der Waals surface area contributed by atoms with Crippen molar-refractivity contribution < 1.29 is 4.79 Å². The van der Waals surface area contributed by atoms with Gasteiger partial charge in [0, 0.05) is 36.6 Å². The summed E-state index contributed by atoms with van der Waals surface area (Å²) < 4.78 is 0. The van der Waals surface area contributed by atoms with Gasteiger partial charge in [0.25, 0.3) is 0 Å². The zero-order valence-electron chi connectivity index (χ0n) is 14.6. The molecule has 1 N–H and O–H groups in total. The minimum Gasteiger partial charge on any atom is -0.382 e. The molecule has 3 rings (SSSR count). The van der Waals surface area contributed by atoms with Crippen molar-refractivity contribution in [1.82, 2.24) is 4.98 Å². The van der Waals surface area contributed by atoms with Crippen LogP contribution in [0.25, 0.3) is 0 Å². The Morgan fingerprint density at radius 2 is 1.85 bits per heavy atom. The van der Waals surface area contributed by atoms with E-state index in [9.17, 15) is 4.79 Å². The number of Topliss-reactive ketones (excluding diaryl/α,β-unsaturated/α-hetero) is 1. The second-order valence-corrected chi connectivity index (χ2v) is 6.35. The predicted octanol–water partition coefficient (Wildman–Crippen LogP) is 3.11. The zero-order chi connectivity index (χ0) is 18.5. The molecule has 2 heterocycles. The molecule has 1 aliphatic heterocycles. The lowest BCUT2D eigenvalue weighted by molar-refractivity contribution is 0.101. The molecule has 0 atom stereocenters. The molecule has 0 unspecified atom stereocenters. The number of hydrogen-bond acceptors (Lipinski definition) is 6. The van der Waals surface area contributed by atoms with Crippen molar-refractivity contribution in [2.45, 2.75) is 25.8 Å². The van der Waals surface area contributed by atoms with Crippen LogP contribution in [0.3, 0.4) is 0 Å². The smallest absolute Gasteiger partial charge is 0.161 e. The van der Waals surface area contributed by atoms with E-state index in [1.807, 2.05) is 6.07 Å². The number of rotatable bonds is 4. The number of nitriles is 2. The molecule has 0 saturated carbocycles.